The largest absolute Gasteiger partial charge is 0.491 e. The molecule has 0 bridgehead atoms. The van der Waals surface area contributed by atoms with Gasteiger partial charge in [-0.05, 0) is 19.1 Å². The van der Waals surface area contributed by atoms with Gasteiger partial charge in [-0.2, -0.15) is 0 Å². The van der Waals surface area contributed by atoms with E-state index in [1.54, 1.807) is 12.1 Å². The predicted octanol–water partition coefficient (Wildman–Crippen LogP) is 2.11. The van der Waals surface area contributed by atoms with E-state index in [9.17, 15) is 10.1 Å². The van der Waals surface area contributed by atoms with Crippen LogP contribution in [-0.4, -0.2) is 104 Å². The summed E-state index contributed by atoms with van der Waals surface area (Å²) in [6, 6.07) is 5.92. The van der Waals surface area contributed by atoms with Crippen LogP contribution >= 0.6 is 0 Å². The van der Waals surface area contributed by atoms with Crippen molar-refractivity contribution in [2.75, 3.05) is 99.1 Å². The molecular weight excluding hydrogens is 438 g/mol. The lowest BCUT2D eigenvalue weighted by atomic mass is 10.3. The van der Waals surface area contributed by atoms with Gasteiger partial charge in [0.15, 0.2) is 0 Å². The SMILES string of the molecule is CCOCCOCCOCCOCCOCCOCCOCCOc1ccc([N+](=O)[O-])cc1. The number of hydrogen-bond donors (Lipinski definition) is 0. The predicted molar refractivity (Wildman–Crippen MR) is 120 cm³/mol. The number of ether oxygens (including phenoxy) is 8. The number of nitrogens with zero attached hydrogens (tertiary/aromatic N) is 1. The van der Waals surface area contributed by atoms with E-state index >= 15 is 0 Å². The van der Waals surface area contributed by atoms with Crippen molar-refractivity contribution in [2.24, 2.45) is 0 Å². The zero-order valence-electron chi connectivity index (χ0n) is 19.4. The normalized spacial score (nSPS) is 11.1. The third-order valence-electron chi connectivity index (χ3n) is 3.98. The van der Waals surface area contributed by atoms with Crippen LogP contribution in [0.25, 0.3) is 0 Å². The molecule has 0 heterocycles. The van der Waals surface area contributed by atoms with Gasteiger partial charge < -0.3 is 37.9 Å². The first-order valence-corrected chi connectivity index (χ1v) is 11.2. The first kappa shape index (κ1) is 29.2. The number of hydrogen-bond acceptors (Lipinski definition) is 10. The Morgan fingerprint density at radius 2 is 0.909 bits per heavy atom. The first-order valence-electron chi connectivity index (χ1n) is 11.2. The quantitative estimate of drug-likeness (QED) is 0.125. The maximum Gasteiger partial charge on any atom is 0.269 e. The van der Waals surface area contributed by atoms with E-state index in [-0.39, 0.29) is 5.69 Å². The Kier molecular flexibility index (Phi) is 19.4. The van der Waals surface area contributed by atoms with E-state index in [1.165, 1.54) is 12.1 Å². The zero-order chi connectivity index (χ0) is 23.8. The minimum Gasteiger partial charge on any atom is -0.491 e. The third kappa shape index (κ3) is 18.3. The number of rotatable bonds is 24. The van der Waals surface area contributed by atoms with Gasteiger partial charge in [0.05, 0.1) is 90.8 Å². The summed E-state index contributed by atoms with van der Waals surface area (Å²) in [5.74, 6) is 0.563. The summed E-state index contributed by atoms with van der Waals surface area (Å²) in [6.45, 7) is 9.64. The van der Waals surface area contributed by atoms with Crippen LogP contribution in [0.4, 0.5) is 5.69 Å². The first-order chi connectivity index (χ1) is 16.2. The topological polar surface area (TPSA) is 117 Å². The van der Waals surface area contributed by atoms with Crippen molar-refractivity contribution < 1.29 is 42.8 Å². The van der Waals surface area contributed by atoms with Gasteiger partial charge in [0, 0.05) is 18.7 Å². The Hall–Kier alpha value is -1.86. The highest BCUT2D eigenvalue weighted by Crippen LogP contribution is 2.16. The van der Waals surface area contributed by atoms with Gasteiger partial charge in [-0.25, -0.2) is 0 Å². The summed E-state index contributed by atoms with van der Waals surface area (Å²) < 4.78 is 43.0. The van der Waals surface area contributed by atoms with Crippen molar-refractivity contribution in [1.29, 1.82) is 0 Å². The third-order valence-corrected chi connectivity index (χ3v) is 3.98. The van der Waals surface area contributed by atoms with Gasteiger partial charge >= 0.3 is 0 Å². The molecule has 0 unspecified atom stereocenters. The highest BCUT2D eigenvalue weighted by atomic mass is 16.6. The summed E-state index contributed by atoms with van der Waals surface area (Å²) in [5, 5.41) is 10.6. The minimum absolute atomic E-state index is 0.0312. The molecule has 0 saturated heterocycles. The molecule has 0 aliphatic carbocycles. The average Bonchev–Trinajstić information content (AvgIpc) is 2.82. The number of nitro groups is 1. The number of non-ortho nitro benzene ring substituents is 1. The molecule has 1 aromatic carbocycles. The van der Waals surface area contributed by atoms with Gasteiger partial charge in [-0.15, -0.1) is 0 Å². The second-order valence-corrected chi connectivity index (χ2v) is 6.47. The fourth-order valence-corrected chi connectivity index (χ4v) is 2.35. The Bertz CT molecular complexity index is 573. The summed E-state index contributed by atoms with van der Waals surface area (Å²) in [6.07, 6.45) is 0. The van der Waals surface area contributed by atoms with Crippen molar-refractivity contribution >= 4 is 5.69 Å². The van der Waals surface area contributed by atoms with Gasteiger partial charge in [0.2, 0.25) is 0 Å². The molecule has 0 aromatic heterocycles. The average molecular weight is 476 g/mol. The molecule has 0 saturated carbocycles. The number of nitro benzene ring substituents is 1. The van der Waals surface area contributed by atoms with Crippen molar-refractivity contribution in [3.8, 4) is 5.75 Å². The van der Waals surface area contributed by atoms with E-state index in [2.05, 4.69) is 0 Å². The van der Waals surface area contributed by atoms with Crippen LogP contribution in [0.3, 0.4) is 0 Å². The molecule has 1 aromatic rings. The zero-order valence-corrected chi connectivity index (χ0v) is 19.4. The standard InChI is InChI=1S/C22H37NO10/c1-2-26-7-8-27-9-10-28-11-12-29-13-14-30-15-16-31-17-18-32-19-20-33-22-5-3-21(4-6-22)23(24)25/h3-6H,2,7-20H2,1H3. The van der Waals surface area contributed by atoms with Crippen LogP contribution in [0.15, 0.2) is 24.3 Å². The molecule has 11 nitrogen and oxygen atoms in total. The maximum atomic E-state index is 10.6. The van der Waals surface area contributed by atoms with Gasteiger partial charge in [-0.3, -0.25) is 10.1 Å². The molecule has 0 aliphatic rings. The Labute approximate surface area is 195 Å². The molecule has 0 amide bonds. The van der Waals surface area contributed by atoms with E-state index in [0.29, 0.717) is 105 Å². The highest BCUT2D eigenvalue weighted by Gasteiger charge is 2.04. The van der Waals surface area contributed by atoms with Crippen molar-refractivity contribution in [2.45, 2.75) is 6.92 Å². The second kappa shape index (κ2) is 22.0. The Morgan fingerprint density at radius 3 is 1.24 bits per heavy atom. The molecule has 0 spiro atoms. The van der Waals surface area contributed by atoms with E-state index in [4.69, 9.17) is 37.9 Å². The maximum absolute atomic E-state index is 10.6. The molecule has 11 heteroatoms. The number of benzene rings is 1. The van der Waals surface area contributed by atoms with Gasteiger partial charge in [0.25, 0.3) is 5.69 Å². The Morgan fingerprint density at radius 1 is 0.576 bits per heavy atom. The lowest BCUT2D eigenvalue weighted by Gasteiger charge is -2.09. The summed E-state index contributed by atoms with van der Waals surface area (Å²) >= 11 is 0. The summed E-state index contributed by atoms with van der Waals surface area (Å²) in [7, 11) is 0. The molecule has 0 aliphatic heterocycles. The molecule has 33 heavy (non-hydrogen) atoms. The van der Waals surface area contributed by atoms with Crippen molar-refractivity contribution in [3.05, 3.63) is 34.4 Å². The van der Waals surface area contributed by atoms with E-state index in [0.717, 1.165) is 0 Å². The fraction of sp³-hybridized carbons (Fsp3) is 0.727. The molecule has 0 radical (unpaired) electrons. The highest BCUT2D eigenvalue weighted by molar-refractivity contribution is 5.35. The van der Waals surface area contributed by atoms with Crippen LogP contribution < -0.4 is 4.74 Å². The van der Waals surface area contributed by atoms with Gasteiger partial charge in [0.1, 0.15) is 12.4 Å². The summed E-state index contributed by atoms with van der Waals surface area (Å²) in [4.78, 5) is 10.1. The Balaban J connectivity index is 1.72. The fourth-order valence-electron chi connectivity index (χ4n) is 2.35. The molecule has 0 N–H and O–H groups in total. The molecule has 1 rings (SSSR count). The van der Waals surface area contributed by atoms with E-state index < -0.39 is 4.92 Å². The monoisotopic (exact) mass is 475 g/mol. The second-order valence-electron chi connectivity index (χ2n) is 6.47. The van der Waals surface area contributed by atoms with Crippen LogP contribution in [0.2, 0.25) is 0 Å². The van der Waals surface area contributed by atoms with Crippen LogP contribution in [0, 0.1) is 10.1 Å². The molecular formula is C22H37NO10. The van der Waals surface area contributed by atoms with Crippen molar-refractivity contribution in [1.82, 2.24) is 0 Å². The molecule has 0 atom stereocenters. The van der Waals surface area contributed by atoms with Crippen LogP contribution in [-0.2, 0) is 33.2 Å². The van der Waals surface area contributed by atoms with Crippen LogP contribution in [0.5, 0.6) is 5.75 Å². The van der Waals surface area contributed by atoms with Gasteiger partial charge in [-0.1, -0.05) is 0 Å². The lowest BCUT2D eigenvalue weighted by Crippen LogP contribution is -2.15. The molecule has 190 valence electrons. The van der Waals surface area contributed by atoms with Crippen LogP contribution in [0.1, 0.15) is 6.92 Å². The summed E-state index contributed by atoms with van der Waals surface area (Å²) in [5.41, 5.74) is 0.0312. The minimum atomic E-state index is -0.450. The van der Waals surface area contributed by atoms with Crippen molar-refractivity contribution in [3.63, 3.8) is 0 Å². The smallest absolute Gasteiger partial charge is 0.269 e. The van der Waals surface area contributed by atoms with E-state index in [1.807, 2.05) is 6.92 Å². The molecule has 0 fully saturated rings. The lowest BCUT2D eigenvalue weighted by molar-refractivity contribution is -0.384.